The lowest BCUT2D eigenvalue weighted by molar-refractivity contribution is 0.0631. The van der Waals surface area contributed by atoms with Crippen LogP contribution in [0.25, 0.3) is 10.9 Å². The first-order valence-electron chi connectivity index (χ1n) is 6.98. The lowest BCUT2D eigenvalue weighted by atomic mass is 10.2. The Labute approximate surface area is 127 Å². The second-order valence-corrected chi connectivity index (χ2v) is 4.92. The zero-order valence-electron chi connectivity index (χ0n) is 11.8. The average Bonchev–Trinajstić information content (AvgIpc) is 3.01. The van der Waals surface area contributed by atoms with Crippen molar-refractivity contribution < 1.29 is 19.0 Å². The van der Waals surface area contributed by atoms with Gasteiger partial charge in [0.1, 0.15) is 36.6 Å². The Morgan fingerprint density at radius 3 is 2.59 bits per heavy atom. The van der Waals surface area contributed by atoms with E-state index in [4.69, 9.17) is 9.47 Å². The van der Waals surface area contributed by atoms with Crippen molar-refractivity contribution in [3.63, 3.8) is 0 Å². The molecular formula is C17H16FNO3. The van der Waals surface area contributed by atoms with Crippen LogP contribution in [0.1, 0.15) is 0 Å². The molecule has 0 saturated carbocycles. The number of halogens is 1. The summed E-state index contributed by atoms with van der Waals surface area (Å²) in [5, 5.41) is 10.9. The van der Waals surface area contributed by atoms with Gasteiger partial charge in [-0.2, -0.15) is 0 Å². The third kappa shape index (κ3) is 3.38. The minimum Gasteiger partial charge on any atom is -0.491 e. The van der Waals surface area contributed by atoms with E-state index < -0.39 is 6.10 Å². The van der Waals surface area contributed by atoms with Gasteiger partial charge in [0, 0.05) is 17.1 Å². The smallest absolute Gasteiger partial charge is 0.128 e. The molecule has 0 aliphatic heterocycles. The fraction of sp³-hybridized carbons (Fsp3) is 0.176. The van der Waals surface area contributed by atoms with Crippen molar-refractivity contribution in [3.8, 4) is 11.5 Å². The van der Waals surface area contributed by atoms with Crippen LogP contribution in [0.5, 0.6) is 11.5 Å². The molecule has 1 aromatic heterocycles. The van der Waals surface area contributed by atoms with Gasteiger partial charge >= 0.3 is 0 Å². The molecule has 0 fully saturated rings. The number of benzene rings is 2. The van der Waals surface area contributed by atoms with Crippen LogP contribution >= 0.6 is 0 Å². The molecule has 114 valence electrons. The zero-order valence-corrected chi connectivity index (χ0v) is 11.8. The van der Waals surface area contributed by atoms with E-state index in [-0.39, 0.29) is 19.0 Å². The third-order valence-electron chi connectivity index (χ3n) is 3.24. The maximum Gasteiger partial charge on any atom is 0.128 e. The SMILES string of the molecule is OC(COc1ccc(F)cc1)COc1cccc2[nH]ccc12. The van der Waals surface area contributed by atoms with Gasteiger partial charge in [0.2, 0.25) is 0 Å². The van der Waals surface area contributed by atoms with E-state index in [1.165, 1.54) is 24.3 Å². The summed E-state index contributed by atoms with van der Waals surface area (Å²) in [6, 6.07) is 13.3. The number of aliphatic hydroxyl groups is 1. The Morgan fingerprint density at radius 1 is 1.00 bits per heavy atom. The van der Waals surface area contributed by atoms with Crippen LogP contribution in [-0.4, -0.2) is 29.4 Å². The molecule has 0 bridgehead atoms. The molecule has 0 aliphatic carbocycles. The summed E-state index contributed by atoms with van der Waals surface area (Å²) in [5.41, 5.74) is 0.981. The highest BCUT2D eigenvalue weighted by molar-refractivity contribution is 5.85. The van der Waals surface area contributed by atoms with E-state index in [1.807, 2.05) is 30.5 Å². The van der Waals surface area contributed by atoms with Crippen molar-refractivity contribution in [2.45, 2.75) is 6.10 Å². The van der Waals surface area contributed by atoms with Gasteiger partial charge in [-0.05, 0) is 42.5 Å². The van der Waals surface area contributed by atoms with Gasteiger partial charge in [0.05, 0.1) is 0 Å². The van der Waals surface area contributed by atoms with Gasteiger partial charge in [-0.3, -0.25) is 0 Å². The number of rotatable bonds is 6. The molecule has 1 atom stereocenters. The number of aromatic amines is 1. The summed E-state index contributed by atoms with van der Waals surface area (Å²) < 4.78 is 23.8. The summed E-state index contributed by atoms with van der Waals surface area (Å²) in [5.74, 6) is 0.892. The van der Waals surface area contributed by atoms with Crippen LogP contribution in [0, 0.1) is 5.82 Å². The Bertz CT molecular complexity index is 739. The van der Waals surface area contributed by atoms with Crippen LogP contribution in [0.3, 0.4) is 0 Å². The van der Waals surface area contributed by atoms with Gasteiger partial charge < -0.3 is 19.6 Å². The number of hydrogen-bond donors (Lipinski definition) is 2. The van der Waals surface area contributed by atoms with Crippen LogP contribution in [0.15, 0.2) is 54.7 Å². The second-order valence-electron chi connectivity index (χ2n) is 4.92. The molecule has 0 aliphatic rings. The molecular weight excluding hydrogens is 285 g/mol. The highest BCUT2D eigenvalue weighted by Crippen LogP contribution is 2.24. The van der Waals surface area contributed by atoms with Gasteiger partial charge in [-0.25, -0.2) is 4.39 Å². The van der Waals surface area contributed by atoms with Gasteiger partial charge in [-0.15, -0.1) is 0 Å². The topological polar surface area (TPSA) is 54.5 Å². The molecule has 0 radical (unpaired) electrons. The second kappa shape index (κ2) is 6.49. The Balaban J connectivity index is 1.53. The quantitative estimate of drug-likeness (QED) is 0.735. The number of aromatic nitrogens is 1. The Kier molecular flexibility index (Phi) is 4.25. The number of ether oxygens (including phenoxy) is 2. The van der Waals surface area contributed by atoms with E-state index in [9.17, 15) is 9.50 Å². The molecule has 0 spiro atoms. The highest BCUT2D eigenvalue weighted by atomic mass is 19.1. The molecule has 5 heteroatoms. The number of aliphatic hydroxyl groups excluding tert-OH is 1. The molecule has 4 nitrogen and oxygen atoms in total. The summed E-state index contributed by atoms with van der Waals surface area (Å²) >= 11 is 0. The summed E-state index contributed by atoms with van der Waals surface area (Å²) in [4.78, 5) is 3.10. The average molecular weight is 301 g/mol. The highest BCUT2D eigenvalue weighted by Gasteiger charge is 2.09. The summed E-state index contributed by atoms with van der Waals surface area (Å²) in [6.07, 6.45) is 1.06. The first-order valence-corrected chi connectivity index (χ1v) is 6.98. The minimum absolute atomic E-state index is 0.0781. The Hall–Kier alpha value is -2.53. The number of hydrogen-bond acceptors (Lipinski definition) is 3. The van der Waals surface area contributed by atoms with E-state index >= 15 is 0 Å². The minimum atomic E-state index is -0.778. The van der Waals surface area contributed by atoms with Crippen molar-refractivity contribution in [2.24, 2.45) is 0 Å². The molecule has 1 unspecified atom stereocenters. The number of nitrogens with one attached hydrogen (secondary N) is 1. The van der Waals surface area contributed by atoms with Crippen molar-refractivity contribution in [1.29, 1.82) is 0 Å². The monoisotopic (exact) mass is 301 g/mol. The summed E-state index contributed by atoms with van der Waals surface area (Å²) in [7, 11) is 0. The predicted octanol–water partition coefficient (Wildman–Crippen LogP) is 3.13. The van der Waals surface area contributed by atoms with Crippen LogP contribution < -0.4 is 9.47 Å². The number of fused-ring (bicyclic) bond motifs is 1. The van der Waals surface area contributed by atoms with Crippen molar-refractivity contribution in [2.75, 3.05) is 13.2 Å². The molecule has 0 saturated heterocycles. The zero-order chi connectivity index (χ0) is 15.4. The lowest BCUT2D eigenvalue weighted by Gasteiger charge is -2.14. The fourth-order valence-corrected chi connectivity index (χ4v) is 2.14. The molecule has 3 rings (SSSR count). The van der Waals surface area contributed by atoms with Crippen LogP contribution in [0.4, 0.5) is 4.39 Å². The van der Waals surface area contributed by atoms with Crippen LogP contribution in [0.2, 0.25) is 0 Å². The predicted molar refractivity (Wildman–Crippen MR) is 81.7 cm³/mol. The maximum atomic E-state index is 12.8. The lowest BCUT2D eigenvalue weighted by Crippen LogP contribution is -2.25. The molecule has 3 aromatic rings. The van der Waals surface area contributed by atoms with Crippen molar-refractivity contribution in [3.05, 3.63) is 60.5 Å². The van der Waals surface area contributed by atoms with E-state index in [0.717, 1.165) is 10.9 Å². The molecule has 2 N–H and O–H groups in total. The fourth-order valence-electron chi connectivity index (χ4n) is 2.14. The van der Waals surface area contributed by atoms with E-state index in [1.54, 1.807) is 0 Å². The molecule has 2 aromatic carbocycles. The van der Waals surface area contributed by atoms with Crippen LogP contribution in [-0.2, 0) is 0 Å². The standard InChI is InChI=1S/C17H16FNO3/c18-12-4-6-14(7-5-12)21-10-13(20)11-22-17-3-1-2-16-15(17)8-9-19-16/h1-9,13,19-20H,10-11H2. The first kappa shape index (κ1) is 14.4. The Morgan fingerprint density at radius 2 is 1.77 bits per heavy atom. The molecule has 22 heavy (non-hydrogen) atoms. The van der Waals surface area contributed by atoms with E-state index in [2.05, 4.69) is 4.98 Å². The molecule has 0 amide bonds. The molecule has 1 heterocycles. The van der Waals surface area contributed by atoms with Crippen molar-refractivity contribution >= 4 is 10.9 Å². The summed E-state index contributed by atoms with van der Waals surface area (Å²) in [6.45, 7) is 0.195. The van der Waals surface area contributed by atoms with Gasteiger partial charge in [0.25, 0.3) is 0 Å². The van der Waals surface area contributed by atoms with E-state index in [0.29, 0.717) is 11.5 Å². The largest absolute Gasteiger partial charge is 0.491 e. The van der Waals surface area contributed by atoms with Gasteiger partial charge in [-0.1, -0.05) is 6.07 Å². The number of H-pyrrole nitrogens is 1. The van der Waals surface area contributed by atoms with Crippen molar-refractivity contribution in [1.82, 2.24) is 4.98 Å². The normalized spacial score (nSPS) is 12.3. The third-order valence-corrected chi connectivity index (χ3v) is 3.24. The first-order chi connectivity index (χ1) is 10.7. The van der Waals surface area contributed by atoms with Gasteiger partial charge in [0.15, 0.2) is 0 Å². The maximum absolute atomic E-state index is 12.8.